The molecule has 0 saturated carbocycles. The Morgan fingerprint density at radius 2 is 1.84 bits per heavy atom. The third kappa shape index (κ3) is 3.07. The summed E-state index contributed by atoms with van der Waals surface area (Å²) in [7, 11) is -3.39. The van der Waals surface area contributed by atoms with Gasteiger partial charge in [0.15, 0.2) is 0 Å². The number of carbonyl (C=O) groups is 2. The number of nitriles is 1. The number of halogens is 3. The molecule has 2 amide bonds. The zero-order valence-corrected chi connectivity index (χ0v) is 18.4. The first kappa shape index (κ1) is 22.7. The van der Waals surface area contributed by atoms with Crippen LogP contribution >= 0.6 is 0 Å². The van der Waals surface area contributed by atoms with Crippen LogP contribution in [0.3, 0.4) is 0 Å². The number of carbonyl (C=O) groups excluding carboxylic acids is 2. The highest BCUT2D eigenvalue weighted by Crippen LogP contribution is 2.63. The summed E-state index contributed by atoms with van der Waals surface area (Å²) in [6, 6.07) is 4.16. The molecule has 32 heavy (non-hydrogen) atoms. The maximum atomic E-state index is 13.4. The maximum absolute atomic E-state index is 13.4. The number of imide groups is 1. The van der Waals surface area contributed by atoms with Gasteiger partial charge in [0.1, 0.15) is 9.84 Å². The predicted octanol–water partition coefficient (Wildman–Crippen LogP) is 2.68. The Morgan fingerprint density at radius 3 is 2.41 bits per heavy atom. The Kier molecular flexibility index (Phi) is 4.81. The number of fused-ring (bicyclic) bond motifs is 5. The number of hydrogen-bond donors (Lipinski definition) is 0. The summed E-state index contributed by atoms with van der Waals surface area (Å²) in [6.07, 6.45) is -4.60. The zero-order valence-electron chi connectivity index (χ0n) is 17.6. The van der Waals surface area contributed by atoms with E-state index in [0.717, 1.165) is 17.0 Å². The summed E-state index contributed by atoms with van der Waals surface area (Å²) in [5.41, 5.74) is -4.46. The molecule has 0 N–H and O–H groups in total. The number of rotatable bonds is 4. The minimum atomic E-state index is -4.84. The second-order valence-electron chi connectivity index (χ2n) is 9.01. The molecule has 0 radical (unpaired) electrons. The van der Waals surface area contributed by atoms with Gasteiger partial charge in [-0.25, -0.2) is 13.3 Å². The van der Waals surface area contributed by atoms with E-state index in [-0.39, 0.29) is 23.6 Å². The molecule has 0 spiro atoms. The molecule has 11 heteroatoms. The minimum absolute atomic E-state index is 0.0746. The second kappa shape index (κ2) is 6.78. The van der Waals surface area contributed by atoms with Gasteiger partial charge in [-0.15, -0.1) is 0 Å². The number of benzene rings is 1. The van der Waals surface area contributed by atoms with E-state index in [1.807, 2.05) is 0 Å². The molecule has 3 aliphatic rings. The van der Waals surface area contributed by atoms with Crippen molar-refractivity contribution in [2.24, 2.45) is 17.8 Å². The quantitative estimate of drug-likeness (QED) is 0.627. The van der Waals surface area contributed by atoms with Crippen molar-refractivity contribution in [2.75, 3.05) is 16.4 Å². The first-order valence-electron chi connectivity index (χ1n) is 10.1. The molecule has 1 aromatic rings. The molecular formula is C21H21F3N2O5S. The predicted molar refractivity (Wildman–Crippen MR) is 106 cm³/mol. The van der Waals surface area contributed by atoms with Crippen molar-refractivity contribution < 1.29 is 35.9 Å². The van der Waals surface area contributed by atoms with E-state index in [1.54, 1.807) is 13.8 Å². The van der Waals surface area contributed by atoms with Crippen LogP contribution in [0.15, 0.2) is 18.2 Å². The maximum Gasteiger partial charge on any atom is 0.417 e. The summed E-state index contributed by atoms with van der Waals surface area (Å²) < 4.78 is 70.8. The van der Waals surface area contributed by atoms with E-state index in [1.165, 1.54) is 13.0 Å². The highest BCUT2D eigenvalue weighted by atomic mass is 32.2. The fourth-order valence-corrected chi connectivity index (χ4v) is 6.89. The number of amides is 2. The first-order chi connectivity index (χ1) is 14.7. The van der Waals surface area contributed by atoms with Crippen LogP contribution in [-0.2, 0) is 30.3 Å². The van der Waals surface area contributed by atoms with Crippen LogP contribution in [0.5, 0.6) is 0 Å². The lowest BCUT2D eigenvalue weighted by Crippen LogP contribution is -2.48. The Labute approximate surface area is 183 Å². The molecule has 3 saturated heterocycles. The molecular weight excluding hydrogens is 449 g/mol. The molecule has 7 nitrogen and oxygen atoms in total. The molecule has 3 heterocycles. The fraction of sp³-hybridized carbons (Fsp3) is 0.571. The van der Waals surface area contributed by atoms with Crippen molar-refractivity contribution in [3.05, 3.63) is 29.3 Å². The van der Waals surface area contributed by atoms with Crippen LogP contribution in [0, 0.1) is 29.1 Å². The van der Waals surface area contributed by atoms with Gasteiger partial charge in [0.25, 0.3) is 0 Å². The molecule has 2 bridgehead atoms. The van der Waals surface area contributed by atoms with Gasteiger partial charge in [0.2, 0.25) is 11.8 Å². The summed E-state index contributed by atoms with van der Waals surface area (Å²) in [5, 5.41) is 9.00. The highest BCUT2D eigenvalue weighted by Gasteiger charge is 2.75. The van der Waals surface area contributed by atoms with E-state index >= 15 is 0 Å². The van der Waals surface area contributed by atoms with E-state index in [4.69, 9.17) is 10.00 Å². The van der Waals surface area contributed by atoms with Crippen LogP contribution in [0.25, 0.3) is 0 Å². The van der Waals surface area contributed by atoms with Gasteiger partial charge >= 0.3 is 6.18 Å². The fourth-order valence-electron chi connectivity index (χ4n) is 5.60. The van der Waals surface area contributed by atoms with Crippen molar-refractivity contribution >= 4 is 27.3 Å². The molecule has 3 aliphatic heterocycles. The summed E-state index contributed by atoms with van der Waals surface area (Å²) in [6.45, 7) is 4.77. The lowest BCUT2D eigenvalue weighted by Gasteiger charge is -2.35. The zero-order chi connectivity index (χ0) is 23.9. The topological polar surface area (TPSA) is 105 Å². The Bertz CT molecular complexity index is 1170. The molecule has 4 rings (SSSR count). The van der Waals surface area contributed by atoms with Gasteiger partial charge in [0, 0.05) is 11.7 Å². The van der Waals surface area contributed by atoms with Crippen molar-refractivity contribution in [3.63, 3.8) is 0 Å². The minimum Gasteiger partial charge on any atom is -0.367 e. The van der Waals surface area contributed by atoms with Gasteiger partial charge in [-0.2, -0.15) is 18.4 Å². The van der Waals surface area contributed by atoms with E-state index in [2.05, 4.69) is 0 Å². The average molecular weight is 470 g/mol. The van der Waals surface area contributed by atoms with Gasteiger partial charge in [-0.1, -0.05) is 6.92 Å². The van der Waals surface area contributed by atoms with Gasteiger partial charge in [0.05, 0.1) is 51.7 Å². The summed E-state index contributed by atoms with van der Waals surface area (Å²) >= 11 is 0. The second-order valence-corrected chi connectivity index (χ2v) is 11.4. The Morgan fingerprint density at radius 1 is 1.22 bits per heavy atom. The van der Waals surface area contributed by atoms with Crippen LogP contribution in [0.4, 0.5) is 18.9 Å². The lowest BCUT2D eigenvalue weighted by atomic mass is 9.64. The van der Waals surface area contributed by atoms with Crippen molar-refractivity contribution in [1.82, 2.24) is 0 Å². The normalized spacial score (nSPS) is 34.2. The molecule has 0 aliphatic carbocycles. The molecule has 1 aromatic carbocycles. The molecule has 172 valence electrons. The average Bonchev–Trinajstić information content (AvgIpc) is 3.21. The number of ether oxygens (including phenoxy) is 1. The standard InChI is InChI=1S/C21H21F3N2O5S/c1-4-32(29,30)10-12-8-19(2)15-16(20(12,3)31-19)18(28)26(17(15)27)13-6-5-11(9-25)14(7-13)21(22,23)24/h5-7,12,15-16H,4,8,10H2,1-3H3/t12-,15+,16-,19+,20-/m0/s1. The number of anilines is 1. The van der Waals surface area contributed by atoms with Crippen LogP contribution in [0.2, 0.25) is 0 Å². The third-order valence-corrected chi connectivity index (χ3v) is 8.87. The smallest absolute Gasteiger partial charge is 0.367 e. The van der Waals surface area contributed by atoms with Crippen LogP contribution in [-0.4, -0.2) is 42.9 Å². The van der Waals surface area contributed by atoms with Crippen LogP contribution in [0.1, 0.15) is 38.3 Å². The largest absolute Gasteiger partial charge is 0.417 e. The van der Waals surface area contributed by atoms with Crippen molar-refractivity contribution in [1.29, 1.82) is 5.26 Å². The van der Waals surface area contributed by atoms with Crippen LogP contribution < -0.4 is 4.90 Å². The Balaban J connectivity index is 1.76. The molecule has 5 atom stereocenters. The van der Waals surface area contributed by atoms with Crippen molar-refractivity contribution in [2.45, 2.75) is 44.6 Å². The monoisotopic (exact) mass is 470 g/mol. The van der Waals surface area contributed by atoms with Gasteiger partial charge < -0.3 is 4.74 Å². The summed E-state index contributed by atoms with van der Waals surface area (Å²) in [4.78, 5) is 27.3. The number of hydrogen-bond acceptors (Lipinski definition) is 6. The lowest BCUT2D eigenvalue weighted by molar-refractivity contribution is -0.138. The van der Waals surface area contributed by atoms with E-state index < -0.39 is 67.9 Å². The molecule has 0 aromatic heterocycles. The Hall–Kier alpha value is -2.45. The SMILES string of the molecule is CCS(=O)(=O)C[C@@H]1C[C@@]2(C)O[C@]1(C)[C@@H]1C(=O)N(c3ccc(C#N)c(C(F)(F)F)c3)C(=O)[C@@H]12. The molecule has 0 unspecified atom stereocenters. The van der Waals surface area contributed by atoms with Gasteiger partial charge in [-0.3, -0.25) is 9.59 Å². The number of sulfone groups is 1. The molecule has 3 fully saturated rings. The highest BCUT2D eigenvalue weighted by molar-refractivity contribution is 7.91. The van der Waals surface area contributed by atoms with Gasteiger partial charge in [-0.05, 0) is 38.5 Å². The first-order valence-corrected chi connectivity index (χ1v) is 11.9. The van der Waals surface area contributed by atoms with Crippen molar-refractivity contribution in [3.8, 4) is 6.07 Å². The summed E-state index contributed by atoms with van der Waals surface area (Å²) in [5.74, 6) is -4.13. The number of alkyl halides is 3. The number of nitrogens with zero attached hydrogens (tertiary/aromatic N) is 2. The van der Waals surface area contributed by atoms with E-state index in [9.17, 15) is 31.2 Å². The third-order valence-electron chi connectivity index (χ3n) is 7.08. The van der Waals surface area contributed by atoms with E-state index in [0.29, 0.717) is 6.07 Å².